The fraction of sp³-hybridized carbons (Fsp3) is 0.286. The Balaban J connectivity index is 2.44. The number of halogens is 2. The van der Waals surface area contributed by atoms with E-state index in [0.29, 0.717) is 5.02 Å². The number of thiophene rings is 1. The number of benzene rings is 1. The van der Waals surface area contributed by atoms with Gasteiger partial charge in [0.2, 0.25) is 0 Å². The van der Waals surface area contributed by atoms with Crippen molar-refractivity contribution in [3.05, 3.63) is 49.6 Å². The molecule has 0 aliphatic carbocycles. The Morgan fingerprint density at radius 3 is 2.74 bits per heavy atom. The number of methoxy groups -OCH3 is 1. The highest BCUT2D eigenvalue weighted by molar-refractivity contribution is 9.11. The van der Waals surface area contributed by atoms with E-state index in [4.69, 9.17) is 16.3 Å². The van der Waals surface area contributed by atoms with Gasteiger partial charge in [0.1, 0.15) is 5.75 Å². The molecule has 1 atom stereocenters. The van der Waals surface area contributed by atoms with E-state index in [-0.39, 0.29) is 6.04 Å². The van der Waals surface area contributed by atoms with Crippen LogP contribution in [0.25, 0.3) is 0 Å². The third-order valence-electron chi connectivity index (χ3n) is 2.79. The first kappa shape index (κ1) is 14.9. The zero-order valence-corrected chi connectivity index (χ0v) is 13.9. The van der Waals surface area contributed by atoms with Crippen molar-refractivity contribution < 1.29 is 4.74 Å². The molecule has 0 fully saturated rings. The van der Waals surface area contributed by atoms with Crippen LogP contribution in [0.1, 0.15) is 23.4 Å². The molecule has 0 spiro atoms. The van der Waals surface area contributed by atoms with Crippen molar-refractivity contribution in [1.82, 2.24) is 5.32 Å². The van der Waals surface area contributed by atoms with E-state index >= 15 is 0 Å². The van der Waals surface area contributed by atoms with Crippen LogP contribution in [0.3, 0.4) is 0 Å². The second kappa shape index (κ2) is 6.75. The van der Waals surface area contributed by atoms with Crippen LogP contribution in [0.2, 0.25) is 5.02 Å². The SMILES string of the molecule is CCNC(c1ccc(Br)s1)c1ccc(Cl)cc1OC. The average molecular weight is 361 g/mol. The third kappa shape index (κ3) is 3.51. The molecule has 5 heteroatoms. The van der Waals surface area contributed by atoms with Crippen LogP contribution in [0, 0.1) is 0 Å². The van der Waals surface area contributed by atoms with Gasteiger partial charge >= 0.3 is 0 Å². The summed E-state index contributed by atoms with van der Waals surface area (Å²) in [6.45, 7) is 2.98. The molecule has 102 valence electrons. The Morgan fingerprint density at radius 1 is 1.37 bits per heavy atom. The zero-order chi connectivity index (χ0) is 13.8. The molecule has 2 nitrogen and oxygen atoms in total. The smallest absolute Gasteiger partial charge is 0.125 e. The Morgan fingerprint density at radius 2 is 2.16 bits per heavy atom. The van der Waals surface area contributed by atoms with Crippen LogP contribution in [0.5, 0.6) is 5.75 Å². The van der Waals surface area contributed by atoms with Gasteiger partial charge in [-0.1, -0.05) is 24.6 Å². The fourth-order valence-corrected chi connectivity index (χ4v) is 3.66. The quantitative estimate of drug-likeness (QED) is 0.821. The Kier molecular flexibility index (Phi) is 5.28. The summed E-state index contributed by atoms with van der Waals surface area (Å²) in [4.78, 5) is 1.24. The van der Waals surface area contributed by atoms with Gasteiger partial charge < -0.3 is 10.1 Å². The van der Waals surface area contributed by atoms with Gasteiger partial charge in [-0.15, -0.1) is 11.3 Å². The molecule has 0 aliphatic rings. The second-order valence-electron chi connectivity index (χ2n) is 4.02. The monoisotopic (exact) mass is 359 g/mol. The van der Waals surface area contributed by atoms with Crippen LogP contribution in [0.4, 0.5) is 0 Å². The summed E-state index contributed by atoms with van der Waals surface area (Å²) in [6, 6.07) is 10.1. The predicted molar refractivity (Wildman–Crippen MR) is 85.5 cm³/mol. The van der Waals surface area contributed by atoms with Crippen LogP contribution < -0.4 is 10.1 Å². The molecular weight excluding hydrogens is 346 g/mol. The summed E-state index contributed by atoms with van der Waals surface area (Å²) in [5.41, 5.74) is 1.10. The van der Waals surface area contributed by atoms with Gasteiger partial charge in [0.25, 0.3) is 0 Å². The van der Waals surface area contributed by atoms with Crippen LogP contribution >= 0.6 is 38.9 Å². The third-order valence-corrected chi connectivity index (χ3v) is 4.72. The van der Waals surface area contributed by atoms with Gasteiger partial charge in [-0.05, 0) is 46.7 Å². The molecule has 0 aliphatic heterocycles. The van der Waals surface area contributed by atoms with Crippen LogP contribution in [0.15, 0.2) is 34.1 Å². The molecule has 1 aromatic heterocycles. The maximum Gasteiger partial charge on any atom is 0.125 e. The highest BCUT2D eigenvalue weighted by Gasteiger charge is 2.19. The second-order valence-corrected chi connectivity index (χ2v) is 6.95. The van der Waals surface area contributed by atoms with Gasteiger partial charge in [-0.2, -0.15) is 0 Å². The van der Waals surface area contributed by atoms with Crippen molar-refractivity contribution in [1.29, 1.82) is 0 Å². The Labute approximate surface area is 130 Å². The van der Waals surface area contributed by atoms with Gasteiger partial charge in [0.15, 0.2) is 0 Å². The average Bonchev–Trinajstić information content (AvgIpc) is 2.82. The molecule has 1 aromatic carbocycles. The lowest BCUT2D eigenvalue weighted by Crippen LogP contribution is -2.21. The Bertz CT molecular complexity index is 558. The van der Waals surface area contributed by atoms with Gasteiger partial charge in [-0.3, -0.25) is 0 Å². The van der Waals surface area contributed by atoms with Gasteiger partial charge in [0, 0.05) is 15.5 Å². The first-order valence-electron chi connectivity index (χ1n) is 5.97. The van der Waals surface area contributed by atoms with E-state index in [1.165, 1.54) is 4.88 Å². The molecule has 0 saturated heterocycles. The molecule has 0 saturated carbocycles. The number of nitrogens with one attached hydrogen (secondary N) is 1. The van der Waals surface area contributed by atoms with E-state index in [9.17, 15) is 0 Å². The molecule has 2 rings (SSSR count). The van der Waals surface area contributed by atoms with Crippen molar-refractivity contribution in [3.8, 4) is 5.75 Å². The largest absolute Gasteiger partial charge is 0.496 e. The lowest BCUT2D eigenvalue weighted by Gasteiger charge is -2.19. The Hall–Kier alpha value is -0.550. The summed E-state index contributed by atoms with van der Waals surface area (Å²) < 4.78 is 6.57. The van der Waals surface area contributed by atoms with E-state index in [1.54, 1.807) is 18.4 Å². The minimum Gasteiger partial charge on any atom is -0.496 e. The molecular formula is C14H15BrClNOS. The molecule has 1 N–H and O–H groups in total. The predicted octanol–water partition coefficient (Wildman–Crippen LogP) is 4.87. The molecule has 1 heterocycles. The van der Waals surface area contributed by atoms with Crippen LogP contribution in [-0.4, -0.2) is 13.7 Å². The van der Waals surface area contributed by atoms with Crippen molar-refractivity contribution in [2.24, 2.45) is 0 Å². The number of ether oxygens (including phenoxy) is 1. The fourth-order valence-electron chi connectivity index (χ4n) is 1.97. The molecule has 19 heavy (non-hydrogen) atoms. The van der Waals surface area contributed by atoms with Crippen molar-refractivity contribution in [2.75, 3.05) is 13.7 Å². The van der Waals surface area contributed by atoms with E-state index < -0.39 is 0 Å². The molecule has 1 unspecified atom stereocenters. The lowest BCUT2D eigenvalue weighted by atomic mass is 10.0. The highest BCUT2D eigenvalue weighted by atomic mass is 79.9. The first-order chi connectivity index (χ1) is 9.15. The highest BCUT2D eigenvalue weighted by Crippen LogP contribution is 2.36. The minimum atomic E-state index is 0.119. The number of rotatable bonds is 5. The van der Waals surface area contributed by atoms with E-state index in [2.05, 4.69) is 40.3 Å². The van der Waals surface area contributed by atoms with Crippen molar-refractivity contribution >= 4 is 38.9 Å². The first-order valence-corrected chi connectivity index (χ1v) is 7.96. The number of hydrogen-bond acceptors (Lipinski definition) is 3. The summed E-state index contributed by atoms with van der Waals surface area (Å²) in [6.07, 6.45) is 0. The molecule has 0 bridgehead atoms. The van der Waals surface area contributed by atoms with Gasteiger partial charge in [0.05, 0.1) is 16.9 Å². The normalized spacial score (nSPS) is 12.4. The zero-order valence-electron chi connectivity index (χ0n) is 10.7. The minimum absolute atomic E-state index is 0.119. The van der Waals surface area contributed by atoms with Crippen molar-refractivity contribution in [2.45, 2.75) is 13.0 Å². The summed E-state index contributed by atoms with van der Waals surface area (Å²) >= 11 is 11.3. The molecule has 0 amide bonds. The maximum atomic E-state index is 6.02. The van der Waals surface area contributed by atoms with Gasteiger partial charge in [-0.25, -0.2) is 0 Å². The number of hydrogen-bond donors (Lipinski definition) is 1. The van der Waals surface area contributed by atoms with E-state index in [0.717, 1.165) is 21.6 Å². The molecule has 2 aromatic rings. The summed E-state index contributed by atoms with van der Waals surface area (Å²) in [5.74, 6) is 0.808. The summed E-state index contributed by atoms with van der Waals surface area (Å²) in [7, 11) is 1.67. The standard InChI is InChI=1S/C14H15BrClNOS/c1-3-17-14(12-6-7-13(15)19-12)10-5-4-9(16)8-11(10)18-2/h4-8,14,17H,3H2,1-2H3. The molecule has 0 radical (unpaired) electrons. The maximum absolute atomic E-state index is 6.02. The summed E-state index contributed by atoms with van der Waals surface area (Å²) in [5, 5.41) is 4.17. The lowest BCUT2D eigenvalue weighted by molar-refractivity contribution is 0.405. The van der Waals surface area contributed by atoms with Crippen LogP contribution in [-0.2, 0) is 0 Å². The van der Waals surface area contributed by atoms with Crippen molar-refractivity contribution in [3.63, 3.8) is 0 Å². The topological polar surface area (TPSA) is 21.3 Å². The van der Waals surface area contributed by atoms with E-state index in [1.807, 2.05) is 18.2 Å².